The Kier molecular flexibility index (Phi) is 20.2. The fourth-order valence-electron chi connectivity index (χ4n) is 12.2. The van der Waals surface area contributed by atoms with E-state index in [-0.39, 0.29) is 80.6 Å². The summed E-state index contributed by atoms with van der Waals surface area (Å²) in [6.45, 7) is 5.99. The number of nitrogens with one attached hydrogen (secondary N) is 4. The van der Waals surface area contributed by atoms with Gasteiger partial charge in [0.25, 0.3) is 70.9 Å². The van der Waals surface area contributed by atoms with Crippen LogP contribution >= 0.6 is 0 Å². The van der Waals surface area contributed by atoms with Crippen LogP contribution in [0.5, 0.6) is 23.0 Å². The van der Waals surface area contributed by atoms with E-state index in [1.807, 2.05) is 86.6 Å². The van der Waals surface area contributed by atoms with Crippen molar-refractivity contribution in [2.24, 2.45) is 0 Å². The van der Waals surface area contributed by atoms with Crippen LogP contribution in [0.2, 0.25) is 0 Å². The molecule has 0 unspecified atom stereocenters. The third kappa shape index (κ3) is 15.5. The van der Waals surface area contributed by atoms with Gasteiger partial charge in [-0.05, 0) is 214 Å². The monoisotopic (exact) mass is 1430 g/mol. The molecule has 108 heavy (non-hydrogen) atoms. The number of rotatable bonds is 16. The van der Waals surface area contributed by atoms with Gasteiger partial charge in [0.05, 0.1) is 51.1 Å². The smallest absolute Gasteiger partial charge is 0.261 e. The normalized spacial score (nSPS) is 13.0. The van der Waals surface area contributed by atoms with Crippen molar-refractivity contribution in [2.45, 2.75) is 33.7 Å². The van der Waals surface area contributed by atoms with Crippen LogP contribution in [0.25, 0.3) is 0 Å². The molecule has 0 bridgehead atoms. The molecule has 11 aromatic rings. The van der Waals surface area contributed by atoms with Gasteiger partial charge in [0, 0.05) is 66.1 Å². The minimum atomic E-state index is -0.547. The average Bonchev–Trinajstić information content (AvgIpc) is 1.65. The van der Waals surface area contributed by atoms with Gasteiger partial charge in [-0.2, -0.15) is 0 Å². The minimum absolute atomic E-state index is 0.0730. The van der Waals surface area contributed by atoms with Gasteiger partial charge in [-0.3, -0.25) is 77.1 Å². The number of ether oxygens (including phenoxy) is 2. The maximum absolute atomic E-state index is 13.4. The Labute approximate surface area is 619 Å². The average molecular weight is 1440 g/mol. The Morgan fingerprint density at radius 2 is 0.546 bits per heavy atom. The maximum atomic E-state index is 13.4. The van der Waals surface area contributed by atoms with Crippen LogP contribution < -0.4 is 30.7 Å². The second-order valence-electron chi connectivity index (χ2n) is 26.0. The van der Waals surface area contributed by atoms with E-state index in [9.17, 15) is 57.5 Å². The van der Waals surface area contributed by atoms with Crippen LogP contribution in [0.1, 0.15) is 158 Å². The zero-order chi connectivity index (χ0) is 76.2. The molecule has 4 N–H and O–H groups in total. The predicted molar refractivity (Wildman–Crippen MR) is 403 cm³/mol. The van der Waals surface area contributed by atoms with Crippen LogP contribution in [0, 0.1) is 20.8 Å². The Hall–Kier alpha value is -14.5. The summed E-state index contributed by atoms with van der Waals surface area (Å²) in [6, 6.07) is 69.7. The molecule has 4 heterocycles. The van der Waals surface area contributed by atoms with Crippen molar-refractivity contribution >= 4 is 93.6 Å². The van der Waals surface area contributed by atoms with Crippen molar-refractivity contribution < 1.29 is 67.0 Å². The molecule has 0 spiro atoms. The summed E-state index contributed by atoms with van der Waals surface area (Å²) in [6.07, 6.45) is 0.822. The molecule has 22 heteroatoms. The largest absolute Gasteiger partial charge is 0.457 e. The lowest BCUT2D eigenvalue weighted by molar-refractivity contribution is 0.0634. The van der Waals surface area contributed by atoms with Crippen LogP contribution in [0.3, 0.4) is 0 Å². The van der Waals surface area contributed by atoms with E-state index in [1.165, 1.54) is 99.0 Å². The highest BCUT2D eigenvalue weighted by atomic mass is 16.5. The van der Waals surface area contributed by atoms with Gasteiger partial charge in [0.15, 0.2) is 0 Å². The van der Waals surface area contributed by atoms with Gasteiger partial charge in [-0.25, -0.2) is 0 Å². The van der Waals surface area contributed by atoms with Crippen LogP contribution in [0.15, 0.2) is 243 Å². The molecule has 0 radical (unpaired) electrons. The standard InChI is InChI=1S/C39H28N4O7.C24H20N2O3.C23H18N2O4/c1-22-6-12-28(13-7-22)50-29-14-10-26(11-15-29)40-34(44)25-9-17-31-33(20-25)39(49)43(38(31)48)21-23-4-3-5-27(18-23)41-35(45)24-8-16-30-32(19-24)37(47)42(2)36(30)46;1-15-3-5-16(6-4-15)13-17-7-10-19(11-8-17)25-22(27)18-9-12-20-21(14-18)24(29)26(2)23(20)28;1-14-3-8-17(9-4-14)29-18-10-6-16(7-11-18)24-21(26)15-5-12-19-20(13-15)23(28)25(2)22(19)27/h3-20H,21H2,1-2H3,(H,40,44)(H,41,45);3-12,14H,13H2,1-2H3,(H,25,27);3-13H,1-2H3,(H,24,26). The minimum Gasteiger partial charge on any atom is -0.457 e. The number of nitrogens with zero attached hydrogens (tertiary/aromatic N) is 4. The van der Waals surface area contributed by atoms with E-state index in [1.54, 1.807) is 78.9 Å². The summed E-state index contributed by atoms with van der Waals surface area (Å²) >= 11 is 0. The number of anilines is 4. The highest BCUT2D eigenvalue weighted by molar-refractivity contribution is 6.25. The number of imide groups is 4. The van der Waals surface area contributed by atoms with Crippen LogP contribution in [-0.4, -0.2) is 112 Å². The number of aryl methyl sites for hydroxylation is 3. The van der Waals surface area contributed by atoms with Crippen molar-refractivity contribution in [3.8, 4) is 23.0 Å². The Bertz CT molecular complexity index is 5360. The Morgan fingerprint density at radius 1 is 0.278 bits per heavy atom. The molecule has 0 aromatic heterocycles. The lowest BCUT2D eigenvalue weighted by atomic mass is 10.0. The highest BCUT2D eigenvalue weighted by Gasteiger charge is 2.38. The molecule has 0 aliphatic carbocycles. The topological polar surface area (TPSA) is 284 Å². The van der Waals surface area contributed by atoms with Crippen LogP contribution in [-0.2, 0) is 13.0 Å². The van der Waals surface area contributed by atoms with Gasteiger partial charge in [-0.15, -0.1) is 0 Å². The predicted octanol–water partition coefficient (Wildman–Crippen LogP) is 14.6. The fourth-order valence-corrected chi connectivity index (χ4v) is 12.2. The molecule has 11 aromatic carbocycles. The molecule has 15 rings (SSSR count). The molecule has 0 saturated heterocycles. The number of carbonyl (C=O) groups is 12. The number of amides is 12. The van der Waals surface area contributed by atoms with E-state index in [2.05, 4.69) is 52.5 Å². The molecule has 12 amide bonds. The maximum Gasteiger partial charge on any atom is 0.261 e. The molecule has 0 atom stereocenters. The summed E-state index contributed by atoms with van der Waals surface area (Å²) in [4.78, 5) is 155. The van der Waals surface area contributed by atoms with E-state index < -0.39 is 41.4 Å². The molecule has 4 aliphatic heterocycles. The summed E-state index contributed by atoms with van der Waals surface area (Å²) in [5, 5.41) is 11.2. The summed E-state index contributed by atoms with van der Waals surface area (Å²) < 4.78 is 11.6. The summed E-state index contributed by atoms with van der Waals surface area (Å²) in [5.74, 6) is -2.43. The lowest BCUT2D eigenvalue weighted by Crippen LogP contribution is -2.29. The Balaban J connectivity index is 0.000000152. The number of hydrogen-bond donors (Lipinski definition) is 4. The van der Waals surface area contributed by atoms with E-state index in [0.717, 1.165) is 48.5 Å². The van der Waals surface area contributed by atoms with Crippen molar-refractivity contribution in [3.63, 3.8) is 0 Å². The van der Waals surface area contributed by atoms with Crippen molar-refractivity contribution in [2.75, 3.05) is 42.4 Å². The number of fused-ring (bicyclic) bond motifs is 4. The summed E-state index contributed by atoms with van der Waals surface area (Å²) in [7, 11) is 4.23. The third-order valence-electron chi connectivity index (χ3n) is 18.3. The van der Waals surface area contributed by atoms with E-state index >= 15 is 0 Å². The van der Waals surface area contributed by atoms with Gasteiger partial charge in [0.2, 0.25) is 0 Å². The first-order valence-corrected chi connectivity index (χ1v) is 34.0. The van der Waals surface area contributed by atoms with Crippen molar-refractivity contribution in [1.29, 1.82) is 0 Å². The first-order chi connectivity index (χ1) is 51.9. The second kappa shape index (κ2) is 30.4. The molecule has 0 saturated carbocycles. The first kappa shape index (κ1) is 71.8. The molecule has 22 nitrogen and oxygen atoms in total. The highest BCUT2D eigenvalue weighted by Crippen LogP contribution is 2.32. The third-order valence-corrected chi connectivity index (χ3v) is 18.3. The molecule has 0 fully saturated rings. The number of carbonyl (C=O) groups excluding carboxylic acids is 12. The first-order valence-electron chi connectivity index (χ1n) is 34.0. The zero-order valence-electron chi connectivity index (χ0n) is 59.0. The van der Waals surface area contributed by atoms with Gasteiger partial charge in [-0.1, -0.05) is 89.5 Å². The summed E-state index contributed by atoms with van der Waals surface area (Å²) in [5.41, 5.74) is 11.5. The molecule has 4 aliphatic rings. The Morgan fingerprint density at radius 3 is 0.898 bits per heavy atom. The number of hydrogen-bond acceptors (Lipinski definition) is 14. The van der Waals surface area contributed by atoms with Gasteiger partial charge < -0.3 is 30.7 Å². The van der Waals surface area contributed by atoms with Gasteiger partial charge >= 0.3 is 0 Å². The van der Waals surface area contributed by atoms with Crippen molar-refractivity contribution in [1.82, 2.24) is 19.6 Å². The number of benzene rings is 11. The molecule has 534 valence electrons. The van der Waals surface area contributed by atoms with E-state index in [4.69, 9.17) is 9.47 Å². The SMILES string of the molecule is Cc1ccc(Cc2ccc(NC(=O)c3ccc4c(c3)C(=O)N(C)C4=O)cc2)cc1.Cc1ccc(Oc2ccc(NC(=O)c3ccc4c(c3)C(=O)N(C)C4=O)cc2)cc1.Cc1ccc(Oc2ccc(NC(=O)c3ccc4c(c3)C(=O)N(Cc3cccc(NC(=O)c5ccc6c(c5)C(=O)N(C)C6=O)c3)C4=O)cc2)cc1. The fraction of sp³-hybridized carbons (Fsp3) is 0.0930. The molecular weight excluding hydrogens is 1370 g/mol. The second-order valence-corrected chi connectivity index (χ2v) is 26.0. The van der Waals surface area contributed by atoms with Crippen LogP contribution in [0.4, 0.5) is 22.7 Å². The lowest BCUT2D eigenvalue weighted by Gasteiger charge is -2.15. The quantitative estimate of drug-likeness (QED) is 0.0655. The van der Waals surface area contributed by atoms with Crippen molar-refractivity contribution in [3.05, 3.63) is 343 Å². The molecular formula is C86H66N8O14. The van der Waals surface area contributed by atoms with E-state index in [0.29, 0.717) is 67.8 Å². The zero-order valence-corrected chi connectivity index (χ0v) is 59.0. The van der Waals surface area contributed by atoms with Gasteiger partial charge in [0.1, 0.15) is 23.0 Å².